The first-order chi connectivity index (χ1) is 9.19. The van der Waals surface area contributed by atoms with E-state index in [1.807, 2.05) is 30.5 Å². The van der Waals surface area contributed by atoms with Crippen molar-refractivity contribution in [2.45, 2.75) is 4.90 Å². The van der Waals surface area contributed by atoms with Gasteiger partial charge in [0.15, 0.2) is 0 Å². The average Bonchev–Trinajstić information content (AvgIpc) is 2.77. The minimum Gasteiger partial charge on any atom is -0.455 e. The molecule has 0 fully saturated rings. The smallest absolute Gasteiger partial charge is 0.148 e. The summed E-state index contributed by atoms with van der Waals surface area (Å²) in [7, 11) is 0. The molecule has 1 heterocycles. The summed E-state index contributed by atoms with van der Waals surface area (Å²) in [5.41, 5.74) is 1.63. The van der Waals surface area contributed by atoms with Gasteiger partial charge in [-0.25, -0.2) is 4.39 Å². The first-order valence-corrected chi connectivity index (χ1v) is 7.31. The fourth-order valence-electron chi connectivity index (χ4n) is 2.04. The van der Waals surface area contributed by atoms with E-state index in [9.17, 15) is 4.39 Å². The van der Waals surface area contributed by atoms with Crippen molar-refractivity contribution in [1.29, 1.82) is 0 Å². The van der Waals surface area contributed by atoms with E-state index in [0.29, 0.717) is 10.6 Å². The molecule has 0 N–H and O–H groups in total. The molecule has 0 unspecified atom stereocenters. The summed E-state index contributed by atoms with van der Waals surface area (Å²) in [6, 6.07) is 12.0. The van der Waals surface area contributed by atoms with E-state index in [-0.39, 0.29) is 5.82 Å². The lowest BCUT2D eigenvalue weighted by molar-refractivity contribution is 0.616. The molecule has 4 heteroatoms. The molecule has 0 saturated heterocycles. The molecule has 0 spiro atoms. The van der Waals surface area contributed by atoms with Gasteiger partial charge in [-0.1, -0.05) is 11.6 Å². The minimum absolute atomic E-state index is 0.258. The molecular weight excluding hydrogens is 283 g/mol. The lowest BCUT2D eigenvalue weighted by Gasteiger charge is -2.00. The lowest BCUT2D eigenvalue weighted by atomic mass is 10.1. The van der Waals surface area contributed by atoms with Crippen LogP contribution in [0.1, 0.15) is 0 Å². The van der Waals surface area contributed by atoms with Crippen LogP contribution in [0.2, 0.25) is 5.02 Å². The molecule has 0 amide bonds. The molecular formula is C15H10ClFOS. The van der Waals surface area contributed by atoms with Crippen LogP contribution in [0.4, 0.5) is 4.39 Å². The summed E-state index contributed by atoms with van der Waals surface area (Å²) in [4.78, 5) is 0.942. The molecule has 0 aliphatic rings. The fourth-order valence-corrected chi connectivity index (χ4v) is 2.89. The molecule has 3 aromatic rings. The standard InChI is InChI=1S/C15H10ClFOS/c1-19-15-12-8-11(17)6-7-13(12)18-14(15)9-2-4-10(16)5-3-9/h2-8H,1H3. The number of rotatable bonds is 2. The summed E-state index contributed by atoms with van der Waals surface area (Å²) in [5.74, 6) is 0.496. The van der Waals surface area contributed by atoms with E-state index in [1.165, 1.54) is 12.1 Å². The number of hydrogen-bond acceptors (Lipinski definition) is 2. The van der Waals surface area contributed by atoms with E-state index in [4.69, 9.17) is 16.0 Å². The first-order valence-electron chi connectivity index (χ1n) is 5.71. The van der Waals surface area contributed by atoms with Crippen molar-refractivity contribution in [3.05, 3.63) is 53.3 Å². The Bertz CT molecular complexity index is 734. The molecule has 0 atom stereocenters. The number of hydrogen-bond donors (Lipinski definition) is 0. The molecule has 0 radical (unpaired) electrons. The maximum atomic E-state index is 13.3. The highest BCUT2D eigenvalue weighted by atomic mass is 35.5. The molecule has 1 nitrogen and oxygen atoms in total. The van der Waals surface area contributed by atoms with Crippen LogP contribution in [-0.2, 0) is 0 Å². The van der Waals surface area contributed by atoms with Crippen molar-refractivity contribution < 1.29 is 8.81 Å². The third-order valence-corrected chi connectivity index (χ3v) is 3.98. The molecule has 0 saturated carbocycles. The Morgan fingerprint density at radius 3 is 2.53 bits per heavy atom. The van der Waals surface area contributed by atoms with Crippen molar-refractivity contribution in [2.75, 3.05) is 6.26 Å². The number of furan rings is 1. The van der Waals surface area contributed by atoms with E-state index in [0.717, 1.165) is 21.6 Å². The predicted molar refractivity (Wildman–Crippen MR) is 78.4 cm³/mol. The highest BCUT2D eigenvalue weighted by Crippen LogP contribution is 2.39. The van der Waals surface area contributed by atoms with Crippen LogP contribution in [-0.4, -0.2) is 6.26 Å². The van der Waals surface area contributed by atoms with Crippen LogP contribution in [0.25, 0.3) is 22.3 Å². The van der Waals surface area contributed by atoms with Gasteiger partial charge in [-0.15, -0.1) is 11.8 Å². The van der Waals surface area contributed by atoms with Crippen molar-refractivity contribution in [1.82, 2.24) is 0 Å². The van der Waals surface area contributed by atoms with Crippen LogP contribution in [0.5, 0.6) is 0 Å². The second-order valence-corrected chi connectivity index (χ2v) is 5.36. The Hall–Kier alpha value is -1.45. The molecule has 1 aromatic heterocycles. The van der Waals surface area contributed by atoms with Gasteiger partial charge < -0.3 is 4.42 Å². The second kappa shape index (κ2) is 4.91. The highest BCUT2D eigenvalue weighted by molar-refractivity contribution is 7.99. The highest BCUT2D eigenvalue weighted by Gasteiger charge is 2.15. The van der Waals surface area contributed by atoms with E-state index in [1.54, 1.807) is 17.8 Å². The van der Waals surface area contributed by atoms with Gasteiger partial charge in [0, 0.05) is 16.0 Å². The van der Waals surface area contributed by atoms with E-state index < -0.39 is 0 Å². The van der Waals surface area contributed by atoms with Crippen molar-refractivity contribution in [2.24, 2.45) is 0 Å². The zero-order chi connectivity index (χ0) is 13.4. The summed E-state index contributed by atoms with van der Waals surface area (Å²) >= 11 is 7.43. The topological polar surface area (TPSA) is 13.1 Å². The lowest BCUT2D eigenvalue weighted by Crippen LogP contribution is -1.77. The van der Waals surface area contributed by atoms with E-state index >= 15 is 0 Å². The van der Waals surface area contributed by atoms with Crippen LogP contribution in [0.15, 0.2) is 51.8 Å². The third kappa shape index (κ3) is 2.24. The molecule has 0 bridgehead atoms. The largest absolute Gasteiger partial charge is 0.455 e. The molecule has 3 rings (SSSR count). The Morgan fingerprint density at radius 1 is 1.11 bits per heavy atom. The molecule has 0 aliphatic carbocycles. The second-order valence-electron chi connectivity index (χ2n) is 4.11. The van der Waals surface area contributed by atoms with Crippen molar-refractivity contribution >= 4 is 34.3 Å². The summed E-state index contributed by atoms with van der Waals surface area (Å²) in [6.45, 7) is 0. The van der Waals surface area contributed by atoms with Crippen LogP contribution >= 0.6 is 23.4 Å². The van der Waals surface area contributed by atoms with Crippen molar-refractivity contribution in [3.8, 4) is 11.3 Å². The van der Waals surface area contributed by atoms with Gasteiger partial charge in [-0.3, -0.25) is 0 Å². The maximum Gasteiger partial charge on any atom is 0.148 e. The van der Waals surface area contributed by atoms with Gasteiger partial charge in [-0.2, -0.15) is 0 Å². The Kier molecular flexibility index (Phi) is 3.25. The normalized spacial score (nSPS) is 11.1. The quantitative estimate of drug-likeness (QED) is 0.569. The Labute approximate surface area is 119 Å². The zero-order valence-electron chi connectivity index (χ0n) is 10.1. The molecule has 96 valence electrons. The maximum absolute atomic E-state index is 13.3. The van der Waals surface area contributed by atoms with Crippen LogP contribution in [0.3, 0.4) is 0 Å². The Balaban J connectivity index is 2.25. The molecule has 19 heavy (non-hydrogen) atoms. The number of halogens is 2. The number of fused-ring (bicyclic) bond motifs is 1. The Morgan fingerprint density at radius 2 is 1.84 bits per heavy atom. The molecule has 2 aromatic carbocycles. The number of thioether (sulfide) groups is 1. The van der Waals surface area contributed by atoms with Gasteiger partial charge in [0.05, 0.1) is 4.90 Å². The summed E-state index contributed by atoms with van der Waals surface area (Å²) in [5, 5.41) is 1.48. The SMILES string of the molecule is CSc1c(-c2ccc(Cl)cc2)oc2ccc(F)cc12. The van der Waals surface area contributed by atoms with Crippen LogP contribution < -0.4 is 0 Å². The van der Waals surface area contributed by atoms with Gasteiger partial charge >= 0.3 is 0 Å². The summed E-state index contributed by atoms with van der Waals surface area (Å²) in [6.07, 6.45) is 1.95. The predicted octanol–water partition coefficient (Wildman–Crippen LogP) is 5.61. The van der Waals surface area contributed by atoms with Gasteiger partial charge in [0.1, 0.15) is 17.2 Å². The number of benzene rings is 2. The summed E-state index contributed by atoms with van der Waals surface area (Å²) < 4.78 is 19.2. The minimum atomic E-state index is -0.258. The molecule has 0 aliphatic heterocycles. The average molecular weight is 293 g/mol. The zero-order valence-corrected chi connectivity index (χ0v) is 11.7. The van der Waals surface area contributed by atoms with Crippen LogP contribution in [0, 0.1) is 5.82 Å². The van der Waals surface area contributed by atoms with Crippen molar-refractivity contribution in [3.63, 3.8) is 0 Å². The van der Waals surface area contributed by atoms with Gasteiger partial charge in [0.2, 0.25) is 0 Å². The van der Waals surface area contributed by atoms with Gasteiger partial charge in [0.25, 0.3) is 0 Å². The third-order valence-electron chi connectivity index (χ3n) is 2.92. The van der Waals surface area contributed by atoms with Gasteiger partial charge in [-0.05, 0) is 48.7 Å². The fraction of sp³-hybridized carbons (Fsp3) is 0.0667. The van der Waals surface area contributed by atoms with E-state index in [2.05, 4.69) is 0 Å². The first kappa shape index (κ1) is 12.6. The monoisotopic (exact) mass is 292 g/mol.